The number of aliphatic hydroxyl groups excluding tert-OH is 2. The lowest BCUT2D eigenvalue weighted by molar-refractivity contribution is -0.118. The van der Waals surface area contributed by atoms with Crippen LogP contribution >= 0.6 is 0 Å². The van der Waals surface area contributed by atoms with Crippen molar-refractivity contribution in [2.24, 2.45) is 0 Å². The molecule has 0 rings (SSSR count). The minimum atomic E-state index is -0.985. The predicted molar refractivity (Wildman–Crippen MR) is 44.2 cm³/mol. The minimum Gasteiger partial charge on any atom is -0.394 e. The number of carbonyl (C=O) groups is 1. The fourth-order valence-electron chi connectivity index (χ4n) is 0.548. The highest BCUT2D eigenvalue weighted by molar-refractivity contribution is 5.93. The van der Waals surface area contributed by atoms with Gasteiger partial charge >= 0.3 is 0 Å². The number of rotatable bonds is 3. The molecule has 12 heavy (non-hydrogen) atoms. The highest BCUT2D eigenvalue weighted by Crippen LogP contribution is 1.99. The Morgan fingerprint density at radius 1 is 1.50 bits per heavy atom. The molecule has 4 nitrogen and oxygen atoms in total. The van der Waals surface area contributed by atoms with Crippen molar-refractivity contribution in [1.82, 2.24) is 5.32 Å². The predicted octanol–water partition coefficient (Wildman–Crippen LogP) is -1.13. The van der Waals surface area contributed by atoms with Gasteiger partial charge in [0.15, 0.2) is 0 Å². The van der Waals surface area contributed by atoms with Gasteiger partial charge in [0.25, 0.3) is 5.91 Å². The summed E-state index contributed by atoms with van der Waals surface area (Å²) in [5, 5.41) is 19.9. The molecule has 0 bridgehead atoms. The average molecular weight is 171 g/mol. The number of hydrogen-bond acceptors (Lipinski definition) is 3. The number of aliphatic hydroxyl groups is 2. The smallest absolute Gasteiger partial charge is 0.296 e. The van der Waals surface area contributed by atoms with Crippen molar-refractivity contribution in [3.8, 4) is 11.8 Å². The Bertz CT molecular complexity index is 210. The van der Waals surface area contributed by atoms with Crippen molar-refractivity contribution in [2.75, 3.05) is 13.2 Å². The molecule has 0 aliphatic heterocycles. The first-order valence-corrected chi connectivity index (χ1v) is 3.54. The summed E-state index contributed by atoms with van der Waals surface area (Å²) in [5.41, 5.74) is -0.985. The molecule has 0 atom stereocenters. The molecule has 1 amide bonds. The van der Waals surface area contributed by atoms with Crippen molar-refractivity contribution < 1.29 is 15.0 Å². The Kier molecular flexibility index (Phi) is 4.34. The molecule has 0 saturated heterocycles. The summed E-state index contributed by atoms with van der Waals surface area (Å²) in [4.78, 5) is 10.9. The first-order valence-electron chi connectivity index (χ1n) is 3.54. The maximum absolute atomic E-state index is 10.9. The van der Waals surface area contributed by atoms with E-state index >= 15 is 0 Å². The maximum Gasteiger partial charge on any atom is 0.296 e. The van der Waals surface area contributed by atoms with Gasteiger partial charge in [-0.15, -0.1) is 0 Å². The first-order chi connectivity index (χ1) is 5.58. The van der Waals surface area contributed by atoms with Crippen molar-refractivity contribution in [2.45, 2.75) is 19.4 Å². The van der Waals surface area contributed by atoms with Gasteiger partial charge in [-0.05, 0) is 19.8 Å². The Balaban J connectivity index is 4.18. The van der Waals surface area contributed by atoms with E-state index in [0.717, 1.165) is 0 Å². The molecule has 0 unspecified atom stereocenters. The van der Waals surface area contributed by atoms with Gasteiger partial charge in [0.2, 0.25) is 0 Å². The van der Waals surface area contributed by atoms with Crippen LogP contribution in [0.4, 0.5) is 0 Å². The molecular weight excluding hydrogens is 158 g/mol. The first kappa shape index (κ1) is 11.0. The fraction of sp³-hybridized carbons (Fsp3) is 0.625. The molecule has 3 N–H and O–H groups in total. The summed E-state index contributed by atoms with van der Waals surface area (Å²) < 4.78 is 0. The molecular formula is C8H13NO3. The van der Waals surface area contributed by atoms with Gasteiger partial charge in [0.05, 0.1) is 18.8 Å². The van der Waals surface area contributed by atoms with E-state index in [0.29, 0.717) is 0 Å². The Hall–Kier alpha value is -1.05. The van der Waals surface area contributed by atoms with Gasteiger partial charge in [-0.1, -0.05) is 5.92 Å². The molecule has 0 spiro atoms. The number of nitrogens with one attached hydrogen (secondary N) is 1. The fourth-order valence-corrected chi connectivity index (χ4v) is 0.548. The van der Waals surface area contributed by atoms with Crippen molar-refractivity contribution in [1.29, 1.82) is 0 Å². The molecule has 0 aromatic carbocycles. The van der Waals surface area contributed by atoms with Crippen LogP contribution in [0.25, 0.3) is 0 Å². The number of amides is 1. The molecule has 0 aromatic heterocycles. The van der Waals surface area contributed by atoms with Crippen LogP contribution < -0.4 is 5.32 Å². The summed E-state index contributed by atoms with van der Waals surface area (Å²) >= 11 is 0. The Morgan fingerprint density at radius 2 is 2.00 bits per heavy atom. The van der Waals surface area contributed by atoms with Gasteiger partial charge in [0.1, 0.15) is 0 Å². The van der Waals surface area contributed by atoms with E-state index in [1.807, 2.05) is 0 Å². The maximum atomic E-state index is 10.9. The third-order valence-electron chi connectivity index (χ3n) is 1.35. The highest BCUT2D eigenvalue weighted by atomic mass is 16.3. The van der Waals surface area contributed by atoms with E-state index in [2.05, 4.69) is 17.2 Å². The summed E-state index contributed by atoms with van der Waals surface area (Å²) in [6, 6.07) is 0. The van der Waals surface area contributed by atoms with Gasteiger partial charge in [-0.25, -0.2) is 0 Å². The molecule has 0 radical (unpaired) electrons. The van der Waals surface area contributed by atoms with Gasteiger partial charge in [-0.2, -0.15) is 0 Å². The normalized spacial score (nSPS) is 10.0. The molecule has 0 saturated carbocycles. The van der Waals surface area contributed by atoms with Crippen LogP contribution in [-0.2, 0) is 4.79 Å². The largest absolute Gasteiger partial charge is 0.394 e. The SMILES string of the molecule is CC#CC(=O)NC(C)(CO)CO. The van der Waals surface area contributed by atoms with E-state index < -0.39 is 11.4 Å². The summed E-state index contributed by atoms with van der Waals surface area (Å²) in [7, 11) is 0. The second-order valence-corrected chi connectivity index (χ2v) is 2.71. The number of carbonyl (C=O) groups excluding carboxylic acids is 1. The zero-order valence-corrected chi connectivity index (χ0v) is 7.22. The lowest BCUT2D eigenvalue weighted by atomic mass is 10.1. The van der Waals surface area contributed by atoms with Crippen molar-refractivity contribution >= 4 is 5.91 Å². The molecule has 0 aliphatic carbocycles. The summed E-state index contributed by atoms with van der Waals surface area (Å²) in [5.74, 6) is 4.16. The molecule has 0 fully saturated rings. The van der Waals surface area contributed by atoms with Crippen LogP contribution in [0.15, 0.2) is 0 Å². The Labute approximate surface area is 71.6 Å². The van der Waals surface area contributed by atoms with Crippen LogP contribution in [0.1, 0.15) is 13.8 Å². The van der Waals surface area contributed by atoms with E-state index in [4.69, 9.17) is 10.2 Å². The van der Waals surface area contributed by atoms with Crippen molar-refractivity contribution in [3.63, 3.8) is 0 Å². The molecule has 0 heterocycles. The lowest BCUT2D eigenvalue weighted by Gasteiger charge is -2.24. The number of hydrogen-bond donors (Lipinski definition) is 3. The second-order valence-electron chi connectivity index (χ2n) is 2.71. The summed E-state index contributed by atoms with van der Waals surface area (Å²) in [6.07, 6.45) is 0. The standard InChI is InChI=1S/C8H13NO3/c1-3-4-7(12)9-8(2,5-10)6-11/h10-11H,5-6H2,1-2H3,(H,9,12). The van der Waals surface area contributed by atoms with Crippen LogP contribution in [0.3, 0.4) is 0 Å². The van der Waals surface area contributed by atoms with Gasteiger partial charge in [-0.3, -0.25) is 4.79 Å². The van der Waals surface area contributed by atoms with E-state index in [9.17, 15) is 4.79 Å². The third kappa shape index (κ3) is 3.37. The zero-order chi connectivity index (χ0) is 9.61. The second kappa shape index (κ2) is 4.75. The quantitative estimate of drug-likeness (QED) is 0.470. The van der Waals surface area contributed by atoms with Gasteiger partial charge < -0.3 is 15.5 Å². The molecule has 0 aliphatic rings. The van der Waals surface area contributed by atoms with Crippen LogP contribution in [-0.4, -0.2) is 34.9 Å². The molecule has 0 aromatic rings. The van der Waals surface area contributed by atoms with Crippen LogP contribution in [0.5, 0.6) is 0 Å². The van der Waals surface area contributed by atoms with E-state index in [1.54, 1.807) is 0 Å². The highest BCUT2D eigenvalue weighted by Gasteiger charge is 2.23. The average Bonchev–Trinajstić information content (AvgIpc) is 2.05. The van der Waals surface area contributed by atoms with E-state index in [1.165, 1.54) is 13.8 Å². The minimum absolute atomic E-state index is 0.319. The van der Waals surface area contributed by atoms with Crippen LogP contribution in [0.2, 0.25) is 0 Å². The molecule has 4 heteroatoms. The van der Waals surface area contributed by atoms with Gasteiger partial charge in [0, 0.05) is 0 Å². The monoisotopic (exact) mass is 171 g/mol. The van der Waals surface area contributed by atoms with Crippen molar-refractivity contribution in [3.05, 3.63) is 0 Å². The summed E-state index contributed by atoms with van der Waals surface area (Å²) in [6.45, 7) is 2.43. The lowest BCUT2D eigenvalue weighted by Crippen LogP contribution is -2.51. The van der Waals surface area contributed by atoms with E-state index in [-0.39, 0.29) is 13.2 Å². The molecule has 68 valence electrons. The topological polar surface area (TPSA) is 69.6 Å². The van der Waals surface area contributed by atoms with Crippen LogP contribution in [0, 0.1) is 11.8 Å². The zero-order valence-electron chi connectivity index (χ0n) is 7.22. The Morgan fingerprint density at radius 3 is 2.33 bits per heavy atom. The third-order valence-corrected chi connectivity index (χ3v) is 1.35.